The topological polar surface area (TPSA) is 65.0 Å². The van der Waals surface area contributed by atoms with Crippen molar-refractivity contribution < 1.29 is 24.1 Å². The van der Waals surface area contributed by atoms with Gasteiger partial charge in [-0.25, -0.2) is 4.79 Å². The van der Waals surface area contributed by atoms with E-state index in [1.54, 1.807) is 18.2 Å². The van der Waals surface area contributed by atoms with Crippen LogP contribution >= 0.6 is 11.6 Å². The van der Waals surface area contributed by atoms with E-state index < -0.39 is 5.97 Å². The minimum absolute atomic E-state index is 0.128. The lowest BCUT2D eigenvalue weighted by molar-refractivity contribution is 0.0696. The van der Waals surface area contributed by atoms with Gasteiger partial charge >= 0.3 is 5.97 Å². The Morgan fingerprint density at radius 3 is 2.36 bits per heavy atom. The maximum atomic E-state index is 11.0. The zero-order valence-electron chi connectivity index (χ0n) is 11.9. The Bertz CT molecular complexity index is 657. The van der Waals surface area contributed by atoms with Gasteiger partial charge in [-0.2, -0.15) is 0 Å². The third-order valence-electron chi connectivity index (χ3n) is 2.85. The van der Waals surface area contributed by atoms with Gasteiger partial charge in [-0.05, 0) is 30.3 Å². The van der Waals surface area contributed by atoms with Crippen molar-refractivity contribution in [1.29, 1.82) is 0 Å². The summed E-state index contributed by atoms with van der Waals surface area (Å²) >= 11 is 5.97. The molecule has 116 valence electrons. The number of carboxylic acids is 1. The summed E-state index contributed by atoms with van der Waals surface area (Å²) < 4.78 is 16.2. The van der Waals surface area contributed by atoms with Crippen LogP contribution in [0.15, 0.2) is 42.5 Å². The van der Waals surface area contributed by atoms with E-state index in [1.807, 2.05) is 12.1 Å². The van der Waals surface area contributed by atoms with Crippen molar-refractivity contribution >= 4 is 17.6 Å². The van der Waals surface area contributed by atoms with Crippen LogP contribution in [-0.2, 0) is 0 Å². The second kappa shape index (κ2) is 7.56. The molecule has 0 radical (unpaired) electrons. The maximum Gasteiger partial charge on any atom is 0.335 e. The molecule has 2 aromatic rings. The smallest absolute Gasteiger partial charge is 0.335 e. The molecule has 22 heavy (non-hydrogen) atoms. The molecule has 0 saturated heterocycles. The Morgan fingerprint density at radius 1 is 1.05 bits per heavy atom. The summed E-state index contributed by atoms with van der Waals surface area (Å²) in [4.78, 5) is 11.0. The summed E-state index contributed by atoms with van der Waals surface area (Å²) in [6.07, 6.45) is 0. The molecule has 2 aromatic carbocycles. The molecule has 0 spiro atoms. The van der Waals surface area contributed by atoms with Crippen LogP contribution in [0.4, 0.5) is 0 Å². The van der Waals surface area contributed by atoms with Gasteiger partial charge in [0, 0.05) is 0 Å². The number of ether oxygens (including phenoxy) is 3. The minimum atomic E-state index is -1.03. The molecule has 0 aliphatic heterocycles. The van der Waals surface area contributed by atoms with E-state index in [4.69, 9.17) is 30.9 Å². The van der Waals surface area contributed by atoms with Gasteiger partial charge < -0.3 is 19.3 Å². The van der Waals surface area contributed by atoms with Crippen LogP contribution < -0.4 is 14.2 Å². The van der Waals surface area contributed by atoms with Gasteiger partial charge in [-0.3, -0.25) is 0 Å². The number of carboxylic acid groups (broad SMARTS) is 1. The number of aromatic carboxylic acids is 1. The van der Waals surface area contributed by atoms with E-state index in [-0.39, 0.29) is 18.8 Å². The van der Waals surface area contributed by atoms with Gasteiger partial charge in [-0.15, -0.1) is 0 Å². The van der Waals surface area contributed by atoms with Crippen LogP contribution in [-0.4, -0.2) is 31.4 Å². The summed E-state index contributed by atoms with van der Waals surface area (Å²) in [6.45, 7) is 0.495. The Kier molecular flexibility index (Phi) is 5.49. The molecule has 0 unspecified atom stereocenters. The fourth-order valence-electron chi connectivity index (χ4n) is 1.79. The number of hydrogen-bond acceptors (Lipinski definition) is 4. The molecule has 0 bridgehead atoms. The molecule has 0 fully saturated rings. The Hall–Kier alpha value is -2.40. The second-order valence-corrected chi connectivity index (χ2v) is 4.71. The molecule has 0 saturated carbocycles. The lowest BCUT2D eigenvalue weighted by atomic mass is 10.2. The van der Waals surface area contributed by atoms with Crippen LogP contribution in [0.1, 0.15) is 10.4 Å². The Labute approximate surface area is 133 Å². The van der Waals surface area contributed by atoms with E-state index >= 15 is 0 Å². The van der Waals surface area contributed by atoms with Crippen LogP contribution in [0.5, 0.6) is 17.2 Å². The lowest BCUT2D eigenvalue weighted by Gasteiger charge is -2.12. The third kappa shape index (κ3) is 4.05. The van der Waals surface area contributed by atoms with E-state index in [0.29, 0.717) is 22.3 Å². The first kappa shape index (κ1) is 16.0. The summed E-state index contributed by atoms with van der Waals surface area (Å²) in [5.41, 5.74) is 0.128. The molecular weight excluding hydrogens is 308 g/mol. The number of methoxy groups -OCH3 is 1. The molecule has 0 aliphatic rings. The van der Waals surface area contributed by atoms with Crippen molar-refractivity contribution in [1.82, 2.24) is 0 Å². The highest BCUT2D eigenvalue weighted by Gasteiger charge is 2.10. The monoisotopic (exact) mass is 322 g/mol. The molecule has 0 heterocycles. The number of rotatable bonds is 7. The van der Waals surface area contributed by atoms with Crippen LogP contribution in [0.3, 0.4) is 0 Å². The SMILES string of the molecule is COc1ccc(C(=O)O)cc1OCCOc1ccccc1Cl. The van der Waals surface area contributed by atoms with Gasteiger partial charge in [0.1, 0.15) is 19.0 Å². The first-order valence-electron chi connectivity index (χ1n) is 6.53. The van der Waals surface area contributed by atoms with Crippen molar-refractivity contribution in [2.45, 2.75) is 0 Å². The lowest BCUT2D eigenvalue weighted by Crippen LogP contribution is -2.10. The Balaban J connectivity index is 1.95. The number of carbonyl (C=O) groups is 1. The van der Waals surface area contributed by atoms with Crippen molar-refractivity contribution in [2.75, 3.05) is 20.3 Å². The predicted octanol–water partition coefficient (Wildman–Crippen LogP) is 3.50. The van der Waals surface area contributed by atoms with Crippen molar-refractivity contribution in [3.8, 4) is 17.2 Å². The first-order valence-corrected chi connectivity index (χ1v) is 6.91. The van der Waals surface area contributed by atoms with Gasteiger partial charge in [-0.1, -0.05) is 23.7 Å². The summed E-state index contributed by atoms with van der Waals surface area (Å²) in [6, 6.07) is 11.5. The molecule has 1 N–H and O–H groups in total. The molecule has 0 amide bonds. The molecule has 5 nitrogen and oxygen atoms in total. The highest BCUT2D eigenvalue weighted by Crippen LogP contribution is 2.28. The number of benzene rings is 2. The summed E-state index contributed by atoms with van der Waals surface area (Å²) in [7, 11) is 1.49. The Morgan fingerprint density at radius 2 is 1.73 bits per heavy atom. The zero-order valence-corrected chi connectivity index (χ0v) is 12.7. The molecule has 0 atom stereocenters. The average Bonchev–Trinajstić information content (AvgIpc) is 2.52. The van der Waals surface area contributed by atoms with Gasteiger partial charge in [0.05, 0.1) is 17.7 Å². The van der Waals surface area contributed by atoms with E-state index in [9.17, 15) is 4.79 Å². The maximum absolute atomic E-state index is 11.0. The predicted molar refractivity (Wildman–Crippen MR) is 82.4 cm³/mol. The highest BCUT2D eigenvalue weighted by atomic mass is 35.5. The number of halogens is 1. The van der Waals surface area contributed by atoms with Crippen LogP contribution in [0.2, 0.25) is 5.02 Å². The van der Waals surface area contributed by atoms with Crippen LogP contribution in [0, 0.1) is 0 Å². The molecule has 2 rings (SSSR count). The minimum Gasteiger partial charge on any atom is -0.493 e. The van der Waals surface area contributed by atoms with Gasteiger partial charge in [0.25, 0.3) is 0 Å². The largest absolute Gasteiger partial charge is 0.493 e. The fraction of sp³-hybridized carbons (Fsp3) is 0.188. The normalized spacial score (nSPS) is 10.1. The molecule has 6 heteroatoms. The van der Waals surface area contributed by atoms with E-state index in [0.717, 1.165) is 0 Å². The van der Waals surface area contributed by atoms with Crippen molar-refractivity contribution in [3.63, 3.8) is 0 Å². The number of hydrogen-bond donors (Lipinski definition) is 1. The average molecular weight is 323 g/mol. The molecule has 0 aromatic heterocycles. The second-order valence-electron chi connectivity index (χ2n) is 4.30. The van der Waals surface area contributed by atoms with E-state index in [1.165, 1.54) is 19.2 Å². The zero-order chi connectivity index (χ0) is 15.9. The third-order valence-corrected chi connectivity index (χ3v) is 3.16. The molecule has 0 aliphatic carbocycles. The summed E-state index contributed by atoms with van der Waals surface area (Å²) in [5.74, 6) is 0.353. The summed E-state index contributed by atoms with van der Waals surface area (Å²) in [5, 5.41) is 9.51. The standard InChI is InChI=1S/C16H15ClO5/c1-20-14-7-6-11(16(18)19)10-15(14)22-9-8-21-13-5-3-2-4-12(13)17/h2-7,10H,8-9H2,1H3,(H,18,19). The molecular formula is C16H15ClO5. The van der Waals surface area contributed by atoms with Crippen LogP contribution in [0.25, 0.3) is 0 Å². The number of para-hydroxylation sites is 1. The van der Waals surface area contributed by atoms with Gasteiger partial charge in [0.2, 0.25) is 0 Å². The fourth-order valence-corrected chi connectivity index (χ4v) is 1.98. The van der Waals surface area contributed by atoms with E-state index in [2.05, 4.69) is 0 Å². The first-order chi connectivity index (χ1) is 10.6. The van der Waals surface area contributed by atoms with Gasteiger partial charge in [0.15, 0.2) is 11.5 Å². The van der Waals surface area contributed by atoms with Crippen molar-refractivity contribution in [2.24, 2.45) is 0 Å². The highest BCUT2D eigenvalue weighted by molar-refractivity contribution is 6.32. The quantitative estimate of drug-likeness (QED) is 0.790. The van der Waals surface area contributed by atoms with Crippen molar-refractivity contribution in [3.05, 3.63) is 53.1 Å².